The third-order valence-electron chi connectivity index (χ3n) is 4.65. The molecule has 0 spiro atoms. The van der Waals surface area contributed by atoms with Gasteiger partial charge >= 0.3 is 0 Å². The van der Waals surface area contributed by atoms with Crippen molar-refractivity contribution in [3.05, 3.63) is 34.9 Å². The Morgan fingerprint density at radius 2 is 1.81 bits per heavy atom. The van der Waals surface area contributed by atoms with Crippen molar-refractivity contribution in [2.24, 2.45) is 11.7 Å². The molecule has 2 nitrogen and oxygen atoms in total. The number of hydrogen-bond acceptors (Lipinski definition) is 2. The van der Waals surface area contributed by atoms with Crippen LogP contribution in [0.15, 0.2) is 18.2 Å². The number of aryl methyl sites for hydroxylation is 2. The molecule has 1 aromatic rings. The molecule has 1 aliphatic rings. The molecule has 118 valence electrons. The smallest absolute Gasteiger partial charge is 0.0176 e. The van der Waals surface area contributed by atoms with E-state index in [4.69, 9.17) is 5.73 Å². The quantitative estimate of drug-likeness (QED) is 0.891. The minimum Gasteiger partial charge on any atom is -0.330 e. The number of likely N-dealkylation sites (tertiary alicyclic amines) is 1. The van der Waals surface area contributed by atoms with Gasteiger partial charge in [-0.05, 0) is 44.7 Å². The molecule has 21 heavy (non-hydrogen) atoms. The lowest BCUT2D eigenvalue weighted by atomic mass is 9.83. The molecular formula is C19H32N2. The van der Waals surface area contributed by atoms with Crippen molar-refractivity contribution in [2.75, 3.05) is 19.6 Å². The zero-order chi connectivity index (χ0) is 15.4. The summed E-state index contributed by atoms with van der Waals surface area (Å²) >= 11 is 0. The van der Waals surface area contributed by atoms with Crippen LogP contribution in [0.5, 0.6) is 0 Å². The molecule has 2 N–H and O–H groups in total. The van der Waals surface area contributed by atoms with E-state index in [9.17, 15) is 0 Å². The first-order valence-corrected chi connectivity index (χ1v) is 8.53. The highest BCUT2D eigenvalue weighted by molar-refractivity contribution is 5.32. The highest BCUT2D eigenvalue weighted by atomic mass is 15.2. The largest absolute Gasteiger partial charge is 0.330 e. The van der Waals surface area contributed by atoms with Crippen LogP contribution in [0.1, 0.15) is 55.7 Å². The fourth-order valence-corrected chi connectivity index (χ4v) is 3.91. The summed E-state index contributed by atoms with van der Waals surface area (Å²) in [7, 11) is 0. The molecule has 2 unspecified atom stereocenters. The van der Waals surface area contributed by atoms with E-state index < -0.39 is 0 Å². The number of nitrogens with two attached hydrogens (primary N) is 1. The summed E-state index contributed by atoms with van der Waals surface area (Å²) in [6.07, 6.45) is 3.98. The summed E-state index contributed by atoms with van der Waals surface area (Å²) in [5.74, 6) is 1.20. The highest BCUT2D eigenvalue weighted by Crippen LogP contribution is 2.31. The minimum atomic E-state index is 0.475. The van der Waals surface area contributed by atoms with Crippen LogP contribution in [0.4, 0.5) is 0 Å². The maximum absolute atomic E-state index is 6.20. The van der Waals surface area contributed by atoms with Gasteiger partial charge in [0.2, 0.25) is 0 Å². The fraction of sp³-hybridized carbons (Fsp3) is 0.684. The third kappa shape index (κ3) is 4.31. The average Bonchev–Trinajstić information content (AvgIpc) is 2.40. The Bertz CT molecular complexity index is 433. The zero-order valence-electron chi connectivity index (χ0n) is 14.2. The molecule has 1 fully saturated rings. The van der Waals surface area contributed by atoms with Gasteiger partial charge in [0.1, 0.15) is 0 Å². The van der Waals surface area contributed by atoms with Crippen molar-refractivity contribution in [3.63, 3.8) is 0 Å². The number of benzene rings is 1. The van der Waals surface area contributed by atoms with E-state index in [1.54, 1.807) is 0 Å². The highest BCUT2D eigenvalue weighted by Gasteiger charge is 2.30. The first-order valence-electron chi connectivity index (χ1n) is 8.53. The van der Waals surface area contributed by atoms with Gasteiger partial charge in [0.25, 0.3) is 0 Å². The molecule has 1 aromatic carbocycles. The lowest BCUT2D eigenvalue weighted by molar-refractivity contribution is 0.112. The van der Waals surface area contributed by atoms with Gasteiger partial charge in [-0.3, -0.25) is 4.90 Å². The molecule has 0 aromatic heterocycles. The molecular weight excluding hydrogens is 256 g/mol. The van der Waals surface area contributed by atoms with Crippen LogP contribution in [0.2, 0.25) is 0 Å². The fourth-order valence-electron chi connectivity index (χ4n) is 3.91. The van der Waals surface area contributed by atoms with Gasteiger partial charge in [0.15, 0.2) is 0 Å². The third-order valence-corrected chi connectivity index (χ3v) is 4.65. The lowest BCUT2D eigenvalue weighted by Gasteiger charge is -2.41. The van der Waals surface area contributed by atoms with E-state index in [-0.39, 0.29) is 0 Å². The summed E-state index contributed by atoms with van der Waals surface area (Å²) in [5.41, 5.74) is 10.4. The first-order chi connectivity index (χ1) is 10.0. The summed E-state index contributed by atoms with van der Waals surface area (Å²) in [6.45, 7) is 12.2. The standard InChI is InChI=1S/C19H32N2/c1-14(2)13-21-8-6-5-7-19(21)18(12-20)17-10-15(3)9-16(4)11-17/h9-11,14,18-19H,5-8,12-13,20H2,1-4H3. The van der Waals surface area contributed by atoms with Crippen molar-refractivity contribution < 1.29 is 0 Å². The maximum atomic E-state index is 6.20. The second-order valence-corrected chi connectivity index (χ2v) is 7.22. The van der Waals surface area contributed by atoms with Gasteiger partial charge in [-0.1, -0.05) is 49.6 Å². The van der Waals surface area contributed by atoms with Gasteiger partial charge < -0.3 is 5.73 Å². The van der Waals surface area contributed by atoms with E-state index in [0.717, 1.165) is 12.5 Å². The lowest BCUT2D eigenvalue weighted by Crippen LogP contribution is -2.46. The minimum absolute atomic E-state index is 0.475. The molecule has 2 atom stereocenters. The van der Waals surface area contributed by atoms with Crippen LogP contribution >= 0.6 is 0 Å². The van der Waals surface area contributed by atoms with E-state index in [1.807, 2.05) is 0 Å². The summed E-state index contributed by atoms with van der Waals surface area (Å²) in [6, 6.07) is 7.55. The molecule has 0 bridgehead atoms. The first kappa shape index (κ1) is 16.5. The Hall–Kier alpha value is -0.860. The predicted octanol–water partition coefficient (Wildman–Crippen LogP) is 3.86. The van der Waals surface area contributed by atoms with Gasteiger partial charge in [-0.25, -0.2) is 0 Å². The SMILES string of the molecule is Cc1cc(C)cc(C(CN)C2CCCCN2CC(C)C)c1. The van der Waals surface area contributed by atoms with Crippen LogP contribution in [-0.2, 0) is 0 Å². The van der Waals surface area contributed by atoms with Crippen molar-refractivity contribution in [1.82, 2.24) is 4.90 Å². The van der Waals surface area contributed by atoms with Gasteiger partial charge in [-0.2, -0.15) is 0 Å². The molecule has 0 radical (unpaired) electrons. The Labute approximate surface area is 130 Å². The van der Waals surface area contributed by atoms with Crippen LogP contribution in [0, 0.1) is 19.8 Å². The van der Waals surface area contributed by atoms with Crippen LogP contribution in [0.25, 0.3) is 0 Å². The monoisotopic (exact) mass is 288 g/mol. The maximum Gasteiger partial charge on any atom is 0.0176 e. The van der Waals surface area contributed by atoms with Crippen molar-refractivity contribution >= 4 is 0 Å². The van der Waals surface area contributed by atoms with Crippen LogP contribution < -0.4 is 5.73 Å². The Kier molecular flexibility index (Phi) is 5.83. The van der Waals surface area contributed by atoms with E-state index >= 15 is 0 Å². The van der Waals surface area contributed by atoms with Gasteiger partial charge in [-0.15, -0.1) is 0 Å². The average molecular weight is 288 g/mol. The Morgan fingerprint density at radius 1 is 1.14 bits per heavy atom. The molecule has 2 heteroatoms. The molecule has 0 saturated carbocycles. The molecule has 1 heterocycles. The summed E-state index contributed by atoms with van der Waals surface area (Å²) in [5, 5.41) is 0. The van der Waals surface area contributed by atoms with Crippen LogP contribution in [0.3, 0.4) is 0 Å². The second-order valence-electron chi connectivity index (χ2n) is 7.22. The molecule has 1 aliphatic heterocycles. The number of nitrogens with zero attached hydrogens (tertiary/aromatic N) is 1. The second kappa shape index (κ2) is 7.42. The number of piperidine rings is 1. The topological polar surface area (TPSA) is 29.3 Å². The zero-order valence-corrected chi connectivity index (χ0v) is 14.2. The van der Waals surface area contributed by atoms with Gasteiger partial charge in [0, 0.05) is 25.0 Å². The Morgan fingerprint density at radius 3 is 2.38 bits per heavy atom. The predicted molar refractivity (Wildman–Crippen MR) is 91.8 cm³/mol. The number of hydrogen-bond donors (Lipinski definition) is 1. The van der Waals surface area contributed by atoms with Crippen LogP contribution in [-0.4, -0.2) is 30.6 Å². The van der Waals surface area contributed by atoms with E-state index in [1.165, 1.54) is 49.0 Å². The molecule has 0 aliphatic carbocycles. The van der Waals surface area contributed by atoms with Crippen molar-refractivity contribution in [2.45, 2.75) is 58.9 Å². The molecule has 0 amide bonds. The summed E-state index contributed by atoms with van der Waals surface area (Å²) in [4.78, 5) is 2.70. The van der Waals surface area contributed by atoms with Crippen molar-refractivity contribution in [3.8, 4) is 0 Å². The summed E-state index contributed by atoms with van der Waals surface area (Å²) < 4.78 is 0. The van der Waals surface area contributed by atoms with E-state index in [0.29, 0.717) is 12.0 Å². The molecule has 2 rings (SSSR count). The number of rotatable bonds is 5. The molecule has 1 saturated heterocycles. The normalized spacial score (nSPS) is 21.7. The Balaban J connectivity index is 2.24. The van der Waals surface area contributed by atoms with E-state index in [2.05, 4.69) is 50.8 Å². The van der Waals surface area contributed by atoms with Gasteiger partial charge in [0.05, 0.1) is 0 Å². The van der Waals surface area contributed by atoms with Crippen molar-refractivity contribution in [1.29, 1.82) is 0 Å².